The van der Waals surface area contributed by atoms with E-state index in [1.165, 1.54) is 0 Å². The summed E-state index contributed by atoms with van der Waals surface area (Å²) >= 11 is 0. The summed E-state index contributed by atoms with van der Waals surface area (Å²) in [5, 5.41) is 22.8. The third-order valence-corrected chi connectivity index (χ3v) is 6.12. The minimum absolute atomic E-state index is 0.106. The van der Waals surface area contributed by atoms with E-state index in [0.29, 0.717) is 11.3 Å². The number of hydrogen-bond acceptors (Lipinski definition) is 6. The molecule has 8 nitrogen and oxygen atoms in total. The number of hydrogen-bond donors (Lipinski definition) is 1. The van der Waals surface area contributed by atoms with E-state index in [-0.39, 0.29) is 12.1 Å². The van der Waals surface area contributed by atoms with Crippen LogP contribution in [0.2, 0.25) is 0 Å². The van der Waals surface area contributed by atoms with Gasteiger partial charge < -0.3 is 10.1 Å². The Kier molecular flexibility index (Phi) is 5.23. The van der Waals surface area contributed by atoms with E-state index in [1.807, 2.05) is 50.9 Å². The second-order valence-corrected chi connectivity index (χ2v) is 8.19. The molecule has 3 heterocycles. The van der Waals surface area contributed by atoms with Gasteiger partial charge in [0.25, 0.3) is 0 Å². The molecule has 1 fully saturated rings. The van der Waals surface area contributed by atoms with Crippen LogP contribution in [-0.2, 0) is 7.05 Å². The number of fused-ring (bicyclic) bond motifs is 1. The highest BCUT2D eigenvalue weighted by molar-refractivity contribution is 5.93. The van der Waals surface area contributed by atoms with Crippen LogP contribution in [0.15, 0.2) is 48.9 Å². The van der Waals surface area contributed by atoms with Crippen LogP contribution >= 0.6 is 0 Å². The zero-order valence-electron chi connectivity index (χ0n) is 18.2. The van der Waals surface area contributed by atoms with E-state index >= 15 is 0 Å². The van der Waals surface area contributed by atoms with Gasteiger partial charge in [-0.25, -0.2) is 4.98 Å². The molecule has 1 N–H and O–H groups in total. The molecule has 5 rings (SSSR count). The molecule has 32 heavy (non-hydrogen) atoms. The third-order valence-electron chi connectivity index (χ3n) is 6.12. The molecule has 0 unspecified atom stereocenters. The van der Waals surface area contributed by atoms with Gasteiger partial charge in [-0.3, -0.25) is 9.36 Å². The maximum atomic E-state index is 9.32. The van der Waals surface area contributed by atoms with Crippen molar-refractivity contribution < 1.29 is 4.74 Å². The number of aryl methyl sites for hydroxylation is 1. The lowest BCUT2D eigenvalue weighted by atomic mass is 9.93. The van der Waals surface area contributed by atoms with E-state index in [9.17, 15) is 5.26 Å². The lowest BCUT2D eigenvalue weighted by Crippen LogP contribution is -2.26. The molecule has 162 valence electrons. The zero-order valence-corrected chi connectivity index (χ0v) is 18.2. The Morgan fingerprint density at radius 1 is 1.16 bits per heavy atom. The Morgan fingerprint density at radius 2 is 1.97 bits per heavy atom. The summed E-state index contributed by atoms with van der Waals surface area (Å²) in [5.74, 6) is 1.49. The lowest BCUT2D eigenvalue weighted by molar-refractivity contribution is 0.130. The predicted molar refractivity (Wildman–Crippen MR) is 122 cm³/mol. The number of anilines is 1. The Bertz CT molecular complexity index is 1290. The molecule has 0 atom stereocenters. The molecule has 8 heteroatoms. The summed E-state index contributed by atoms with van der Waals surface area (Å²) in [5.41, 5.74) is 3.55. The van der Waals surface area contributed by atoms with Crippen molar-refractivity contribution in [3.63, 3.8) is 0 Å². The Morgan fingerprint density at radius 3 is 2.69 bits per heavy atom. The van der Waals surface area contributed by atoms with Gasteiger partial charge in [-0.1, -0.05) is 12.1 Å². The number of nitrogens with one attached hydrogen (secondary N) is 1. The molecule has 0 spiro atoms. The van der Waals surface area contributed by atoms with Crippen LogP contribution in [0.1, 0.15) is 37.3 Å². The first-order chi connectivity index (χ1) is 15.7. The zero-order chi connectivity index (χ0) is 22.1. The minimum Gasteiger partial charge on any atom is -0.489 e. The fourth-order valence-electron chi connectivity index (χ4n) is 4.45. The molecule has 3 aromatic heterocycles. The Hall–Kier alpha value is -3.86. The number of pyridine rings is 1. The number of para-hydroxylation sites is 1. The van der Waals surface area contributed by atoms with Crippen LogP contribution in [0.25, 0.3) is 22.2 Å². The number of aromatic nitrogens is 5. The molecule has 0 saturated heterocycles. The standard InChI is InChI=1S/C24H25N7O/c1-26-23-11-21-20(14-27-23)24(17-13-28-30(2)15-17)29-31(21)18-7-9-19(10-8-18)32-22-6-4-3-5-16(22)12-25/h3-6,11,13-15,18-19H,7-10H2,1-2H3,(H,26,27). The summed E-state index contributed by atoms with van der Waals surface area (Å²) in [6.07, 6.45) is 9.57. The average molecular weight is 428 g/mol. The summed E-state index contributed by atoms with van der Waals surface area (Å²) < 4.78 is 10.1. The first-order valence-corrected chi connectivity index (χ1v) is 10.9. The van der Waals surface area contributed by atoms with Crippen molar-refractivity contribution in [2.24, 2.45) is 7.05 Å². The highest BCUT2D eigenvalue weighted by Crippen LogP contribution is 2.36. The second kappa shape index (κ2) is 8.35. The number of nitriles is 1. The van der Waals surface area contributed by atoms with Crippen molar-refractivity contribution in [2.45, 2.75) is 37.8 Å². The number of rotatable bonds is 5. The van der Waals surface area contributed by atoms with E-state index in [1.54, 1.807) is 10.7 Å². The molecular weight excluding hydrogens is 402 g/mol. The van der Waals surface area contributed by atoms with Crippen LogP contribution < -0.4 is 10.1 Å². The maximum Gasteiger partial charge on any atom is 0.137 e. The summed E-state index contributed by atoms with van der Waals surface area (Å²) in [6, 6.07) is 12.0. The van der Waals surface area contributed by atoms with Gasteiger partial charge in [0, 0.05) is 43.5 Å². The molecular formula is C24H25N7O. The number of benzene rings is 1. The van der Waals surface area contributed by atoms with E-state index in [4.69, 9.17) is 9.84 Å². The van der Waals surface area contributed by atoms with Gasteiger partial charge in [-0.2, -0.15) is 15.5 Å². The molecule has 1 aliphatic carbocycles. The topological polar surface area (TPSA) is 93.6 Å². The lowest BCUT2D eigenvalue weighted by Gasteiger charge is -2.29. The summed E-state index contributed by atoms with van der Waals surface area (Å²) in [6.45, 7) is 0. The molecule has 0 amide bonds. The Labute approximate surface area is 186 Å². The van der Waals surface area contributed by atoms with E-state index in [2.05, 4.69) is 32.2 Å². The van der Waals surface area contributed by atoms with Crippen LogP contribution in [-0.4, -0.2) is 37.7 Å². The predicted octanol–water partition coefficient (Wildman–Crippen LogP) is 4.31. The molecule has 4 aromatic rings. The number of nitrogens with zero attached hydrogens (tertiary/aromatic N) is 6. The van der Waals surface area contributed by atoms with Crippen LogP contribution in [0, 0.1) is 11.3 Å². The van der Waals surface area contributed by atoms with Crippen molar-refractivity contribution in [3.8, 4) is 23.1 Å². The van der Waals surface area contributed by atoms with Gasteiger partial charge in [0.15, 0.2) is 0 Å². The van der Waals surface area contributed by atoms with Gasteiger partial charge in [0.2, 0.25) is 0 Å². The first-order valence-electron chi connectivity index (χ1n) is 10.9. The minimum atomic E-state index is 0.106. The van der Waals surface area contributed by atoms with Crippen LogP contribution in [0.4, 0.5) is 5.82 Å². The highest BCUT2D eigenvalue weighted by Gasteiger charge is 2.27. The van der Waals surface area contributed by atoms with Crippen molar-refractivity contribution in [1.29, 1.82) is 5.26 Å². The van der Waals surface area contributed by atoms with Crippen LogP contribution in [0.5, 0.6) is 5.75 Å². The van der Waals surface area contributed by atoms with E-state index < -0.39 is 0 Å². The first kappa shape index (κ1) is 20.1. The fourth-order valence-corrected chi connectivity index (χ4v) is 4.45. The largest absolute Gasteiger partial charge is 0.489 e. The summed E-state index contributed by atoms with van der Waals surface area (Å²) in [4.78, 5) is 4.51. The SMILES string of the molecule is CNc1cc2c(cn1)c(-c1cnn(C)c1)nn2C1CCC(Oc2ccccc2C#N)CC1. The van der Waals surface area contributed by atoms with Gasteiger partial charge in [0.05, 0.1) is 29.4 Å². The average Bonchev–Trinajstić information content (AvgIpc) is 3.43. The van der Waals surface area contributed by atoms with Gasteiger partial charge in [-0.15, -0.1) is 0 Å². The maximum absolute atomic E-state index is 9.32. The molecule has 1 aliphatic rings. The van der Waals surface area contributed by atoms with E-state index in [0.717, 1.165) is 53.7 Å². The molecule has 0 bridgehead atoms. The molecule has 1 aromatic carbocycles. The van der Waals surface area contributed by atoms with Gasteiger partial charge >= 0.3 is 0 Å². The molecule has 1 saturated carbocycles. The second-order valence-electron chi connectivity index (χ2n) is 8.19. The van der Waals surface area contributed by atoms with Crippen molar-refractivity contribution in [3.05, 3.63) is 54.5 Å². The van der Waals surface area contributed by atoms with Crippen molar-refractivity contribution >= 4 is 16.7 Å². The van der Waals surface area contributed by atoms with Crippen molar-refractivity contribution in [2.75, 3.05) is 12.4 Å². The van der Waals surface area contributed by atoms with Crippen LogP contribution in [0.3, 0.4) is 0 Å². The monoisotopic (exact) mass is 427 g/mol. The smallest absolute Gasteiger partial charge is 0.137 e. The van der Waals surface area contributed by atoms with Crippen molar-refractivity contribution in [1.82, 2.24) is 24.5 Å². The van der Waals surface area contributed by atoms with Gasteiger partial charge in [0.1, 0.15) is 23.3 Å². The Balaban J connectivity index is 1.41. The van der Waals surface area contributed by atoms with Gasteiger partial charge in [-0.05, 0) is 37.8 Å². The molecule has 0 radical (unpaired) electrons. The molecule has 0 aliphatic heterocycles. The highest BCUT2D eigenvalue weighted by atomic mass is 16.5. The third kappa shape index (κ3) is 3.66. The normalized spacial score (nSPS) is 18.4. The fraction of sp³-hybridized carbons (Fsp3) is 0.333. The number of ether oxygens (including phenoxy) is 1. The summed E-state index contributed by atoms with van der Waals surface area (Å²) in [7, 11) is 3.78. The quantitative estimate of drug-likeness (QED) is 0.510.